The van der Waals surface area contributed by atoms with Gasteiger partial charge in [-0.1, -0.05) is 11.6 Å². The fraction of sp³-hybridized carbons (Fsp3) is 0.583. The summed E-state index contributed by atoms with van der Waals surface area (Å²) in [5, 5.41) is 0.680. The minimum atomic E-state index is -0.101. The minimum absolute atomic E-state index is 0.101. The smallest absolute Gasteiger partial charge is 0.147 e. The van der Waals surface area contributed by atoms with Gasteiger partial charge in [-0.3, -0.25) is 0 Å². The van der Waals surface area contributed by atoms with Gasteiger partial charge in [0.1, 0.15) is 5.82 Å². The molecule has 0 aliphatic carbocycles. The molecule has 1 atom stereocenters. The highest BCUT2D eigenvalue weighted by atomic mass is 79.9. The number of methoxy groups -OCH3 is 1. The molecule has 2 rings (SSSR count). The summed E-state index contributed by atoms with van der Waals surface area (Å²) in [6.07, 6.45) is 3.95. The maximum Gasteiger partial charge on any atom is 0.147 e. The van der Waals surface area contributed by atoms with Crippen LogP contribution in [0.4, 0.5) is 5.82 Å². The van der Waals surface area contributed by atoms with Gasteiger partial charge in [0.2, 0.25) is 0 Å². The van der Waals surface area contributed by atoms with Crippen molar-refractivity contribution in [2.45, 2.75) is 25.4 Å². The third-order valence-corrected chi connectivity index (χ3v) is 3.95. The van der Waals surface area contributed by atoms with E-state index in [9.17, 15) is 0 Å². The molecule has 0 radical (unpaired) electrons. The van der Waals surface area contributed by atoms with Crippen molar-refractivity contribution in [2.24, 2.45) is 0 Å². The Morgan fingerprint density at radius 3 is 3.00 bits per heavy atom. The van der Waals surface area contributed by atoms with E-state index in [1.165, 1.54) is 0 Å². The Labute approximate surface area is 115 Å². The zero-order valence-corrected chi connectivity index (χ0v) is 12.4. The standard InChI is InChI=1S/C12H16BrClN2O/c1-12(17-2)4-3-5-16(8-12)11-10(14)6-9(13)7-15-11/h6-7H,3-5,8H2,1-2H3. The van der Waals surface area contributed by atoms with Gasteiger partial charge < -0.3 is 9.64 Å². The number of halogens is 2. The Hall–Kier alpha value is -0.320. The van der Waals surface area contributed by atoms with Crippen molar-refractivity contribution in [3.8, 4) is 0 Å². The number of pyridine rings is 1. The topological polar surface area (TPSA) is 25.4 Å². The molecule has 1 aromatic heterocycles. The molecule has 2 heterocycles. The van der Waals surface area contributed by atoms with Crippen molar-refractivity contribution in [3.63, 3.8) is 0 Å². The predicted octanol–water partition coefficient (Wildman–Crippen LogP) is 3.50. The summed E-state index contributed by atoms with van der Waals surface area (Å²) in [5.41, 5.74) is -0.101. The number of ether oxygens (including phenoxy) is 1. The lowest BCUT2D eigenvalue weighted by atomic mass is 9.95. The maximum atomic E-state index is 6.22. The summed E-state index contributed by atoms with van der Waals surface area (Å²) in [6, 6.07) is 1.88. The molecule has 17 heavy (non-hydrogen) atoms. The first-order chi connectivity index (χ1) is 8.04. The van der Waals surface area contributed by atoms with E-state index in [1.54, 1.807) is 13.3 Å². The lowest BCUT2D eigenvalue weighted by Gasteiger charge is -2.40. The van der Waals surface area contributed by atoms with Crippen LogP contribution in [0.2, 0.25) is 5.02 Å². The summed E-state index contributed by atoms with van der Waals surface area (Å²) in [4.78, 5) is 6.59. The molecular formula is C12H16BrClN2O. The van der Waals surface area contributed by atoms with Crippen LogP contribution in [0.5, 0.6) is 0 Å². The quantitative estimate of drug-likeness (QED) is 0.834. The molecule has 0 amide bonds. The Kier molecular flexibility index (Phi) is 3.95. The molecule has 0 bridgehead atoms. The highest BCUT2D eigenvalue weighted by Gasteiger charge is 2.32. The van der Waals surface area contributed by atoms with Crippen LogP contribution in [0.1, 0.15) is 19.8 Å². The van der Waals surface area contributed by atoms with Crippen LogP contribution in [-0.2, 0) is 4.74 Å². The molecule has 1 fully saturated rings. The fourth-order valence-electron chi connectivity index (χ4n) is 2.19. The summed E-state index contributed by atoms with van der Waals surface area (Å²) < 4.78 is 6.47. The van der Waals surface area contributed by atoms with E-state index in [0.29, 0.717) is 5.02 Å². The first-order valence-corrected chi connectivity index (χ1v) is 6.82. The van der Waals surface area contributed by atoms with Crippen LogP contribution in [0.25, 0.3) is 0 Å². The summed E-state index contributed by atoms with van der Waals surface area (Å²) >= 11 is 9.59. The van der Waals surface area contributed by atoms with E-state index < -0.39 is 0 Å². The number of aromatic nitrogens is 1. The van der Waals surface area contributed by atoms with Crippen LogP contribution in [0.15, 0.2) is 16.7 Å². The van der Waals surface area contributed by atoms with Crippen molar-refractivity contribution in [1.29, 1.82) is 0 Å². The third-order valence-electron chi connectivity index (χ3n) is 3.24. The Morgan fingerprint density at radius 2 is 2.35 bits per heavy atom. The van der Waals surface area contributed by atoms with Gasteiger partial charge in [-0.2, -0.15) is 0 Å². The zero-order valence-electron chi connectivity index (χ0n) is 10.0. The molecular weight excluding hydrogens is 304 g/mol. The fourth-order valence-corrected chi connectivity index (χ4v) is 2.94. The first-order valence-electron chi connectivity index (χ1n) is 5.65. The van der Waals surface area contributed by atoms with Crippen molar-refractivity contribution in [2.75, 3.05) is 25.1 Å². The largest absolute Gasteiger partial charge is 0.377 e. The van der Waals surface area contributed by atoms with Crippen molar-refractivity contribution >= 4 is 33.3 Å². The van der Waals surface area contributed by atoms with E-state index in [2.05, 4.69) is 32.7 Å². The Morgan fingerprint density at radius 1 is 1.59 bits per heavy atom. The summed E-state index contributed by atoms with van der Waals surface area (Å²) in [7, 11) is 1.76. The molecule has 1 aromatic rings. The molecule has 1 unspecified atom stereocenters. The van der Waals surface area contributed by atoms with Gasteiger partial charge in [-0.15, -0.1) is 0 Å². The van der Waals surface area contributed by atoms with E-state index >= 15 is 0 Å². The van der Waals surface area contributed by atoms with E-state index in [4.69, 9.17) is 16.3 Å². The van der Waals surface area contributed by atoms with Crippen LogP contribution in [0, 0.1) is 0 Å². The SMILES string of the molecule is COC1(C)CCCN(c2ncc(Br)cc2Cl)C1. The second-order valence-corrected chi connectivity index (χ2v) is 5.96. The average molecular weight is 320 g/mol. The monoisotopic (exact) mass is 318 g/mol. The third kappa shape index (κ3) is 2.92. The van der Waals surface area contributed by atoms with Crippen LogP contribution in [-0.4, -0.2) is 30.8 Å². The lowest BCUT2D eigenvalue weighted by molar-refractivity contribution is -0.00480. The normalized spacial score (nSPS) is 25.1. The molecule has 5 heteroatoms. The number of piperidine rings is 1. The van der Waals surface area contributed by atoms with E-state index in [0.717, 1.165) is 36.2 Å². The van der Waals surface area contributed by atoms with Gasteiger partial charge in [0.25, 0.3) is 0 Å². The molecule has 1 aliphatic heterocycles. The van der Waals surface area contributed by atoms with Gasteiger partial charge in [0.15, 0.2) is 0 Å². The van der Waals surface area contributed by atoms with Gasteiger partial charge >= 0.3 is 0 Å². The second kappa shape index (κ2) is 5.12. The molecule has 3 nitrogen and oxygen atoms in total. The van der Waals surface area contributed by atoms with Crippen molar-refractivity contribution in [1.82, 2.24) is 4.98 Å². The molecule has 1 aliphatic rings. The number of hydrogen-bond acceptors (Lipinski definition) is 3. The van der Waals surface area contributed by atoms with E-state index in [-0.39, 0.29) is 5.60 Å². The predicted molar refractivity (Wildman–Crippen MR) is 73.8 cm³/mol. The average Bonchev–Trinajstić information content (AvgIpc) is 2.29. The van der Waals surface area contributed by atoms with Crippen LogP contribution in [0.3, 0.4) is 0 Å². The lowest BCUT2D eigenvalue weighted by Crippen LogP contribution is -2.47. The minimum Gasteiger partial charge on any atom is -0.377 e. The van der Waals surface area contributed by atoms with Crippen molar-refractivity contribution in [3.05, 3.63) is 21.8 Å². The number of anilines is 1. The zero-order chi connectivity index (χ0) is 12.5. The molecule has 1 saturated heterocycles. The van der Waals surface area contributed by atoms with Gasteiger partial charge in [-0.05, 0) is 41.8 Å². The van der Waals surface area contributed by atoms with Crippen LogP contribution >= 0.6 is 27.5 Å². The highest BCUT2D eigenvalue weighted by Crippen LogP contribution is 2.32. The summed E-state index contributed by atoms with van der Waals surface area (Å²) in [6.45, 7) is 3.94. The molecule has 0 spiro atoms. The number of rotatable bonds is 2. The number of nitrogens with zero attached hydrogens (tertiary/aromatic N) is 2. The second-order valence-electron chi connectivity index (χ2n) is 4.64. The van der Waals surface area contributed by atoms with E-state index in [1.807, 2.05) is 6.07 Å². The van der Waals surface area contributed by atoms with Crippen molar-refractivity contribution < 1.29 is 4.74 Å². The van der Waals surface area contributed by atoms with Gasteiger partial charge in [-0.25, -0.2) is 4.98 Å². The van der Waals surface area contributed by atoms with Gasteiger partial charge in [0, 0.05) is 30.9 Å². The molecule has 0 aromatic carbocycles. The molecule has 94 valence electrons. The number of hydrogen-bond donors (Lipinski definition) is 0. The first kappa shape index (κ1) is 13.1. The summed E-state index contributed by atoms with van der Waals surface area (Å²) in [5.74, 6) is 0.845. The van der Waals surface area contributed by atoms with Crippen LogP contribution < -0.4 is 4.90 Å². The Bertz CT molecular complexity index is 415. The highest BCUT2D eigenvalue weighted by molar-refractivity contribution is 9.10. The van der Waals surface area contributed by atoms with Gasteiger partial charge in [0.05, 0.1) is 10.6 Å². The molecule has 0 saturated carbocycles. The molecule has 0 N–H and O–H groups in total. The maximum absolute atomic E-state index is 6.22. The Balaban J connectivity index is 2.22.